The molecule has 2 heterocycles. The van der Waals surface area contributed by atoms with Crippen molar-refractivity contribution in [2.75, 3.05) is 17.2 Å². The van der Waals surface area contributed by atoms with Gasteiger partial charge in [-0.2, -0.15) is 0 Å². The summed E-state index contributed by atoms with van der Waals surface area (Å²) in [5, 5.41) is 11.0. The molecule has 2 N–H and O–H groups in total. The number of fused-ring (bicyclic) bond motifs is 1. The summed E-state index contributed by atoms with van der Waals surface area (Å²) in [4.78, 5) is 26.1. The van der Waals surface area contributed by atoms with Crippen LogP contribution >= 0.6 is 11.8 Å². The van der Waals surface area contributed by atoms with Crippen LogP contribution in [-0.4, -0.2) is 34.4 Å². The Morgan fingerprint density at radius 1 is 1.38 bits per heavy atom. The number of non-ortho nitro benzene ring substituents is 1. The molecule has 1 aromatic carbocycles. The standard InChI is InChI=1S/C13H12N4O5S2/c14-11-5-12(18)16-9(6-23-13(16)15-11)7-24(21,22)10-3-1-8(2-4-10)17(19)20/h1-5,9H,6-7,14H2. The third-order valence-electron chi connectivity index (χ3n) is 3.53. The topological polar surface area (TPSA) is 138 Å². The van der Waals surface area contributed by atoms with E-state index in [0.717, 1.165) is 18.2 Å². The van der Waals surface area contributed by atoms with Gasteiger partial charge in [0, 0.05) is 24.0 Å². The predicted molar refractivity (Wildman–Crippen MR) is 87.8 cm³/mol. The molecule has 9 nitrogen and oxygen atoms in total. The monoisotopic (exact) mass is 368 g/mol. The van der Waals surface area contributed by atoms with E-state index in [9.17, 15) is 23.3 Å². The minimum atomic E-state index is -3.71. The van der Waals surface area contributed by atoms with Gasteiger partial charge in [-0.3, -0.25) is 19.5 Å². The van der Waals surface area contributed by atoms with Crippen LogP contribution in [0.5, 0.6) is 0 Å². The van der Waals surface area contributed by atoms with Crippen molar-refractivity contribution < 1.29 is 13.3 Å². The lowest BCUT2D eigenvalue weighted by molar-refractivity contribution is -0.384. The number of nitrogens with zero attached hydrogens (tertiary/aromatic N) is 3. The van der Waals surface area contributed by atoms with Gasteiger partial charge in [0.15, 0.2) is 15.0 Å². The second-order valence-electron chi connectivity index (χ2n) is 5.17. The fraction of sp³-hybridized carbons (Fsp3) is 0.231. The van der Waals surface area contributed by atoms with Gasteiger partial charge < -0.3 is 5.73 Å². The number of rotatable bonds is 4. The van der Waals surface area contributed by atoms with Gasteiger partial charge >= 0.3 is 0 Å². The van der Waals surface area contributed by atoms with Crippen LogP contribution in [0.4, 0.5) is 11.5 Å². The number of nitrogens with two attached hydrogens (primary N) is 1. The first-order valence-corrected chi connectivity index (χ1v) is 9.41. The summed E-state index contributed by atoms with van der Waals surface area (Å²) < 4.78 is 26.4. The third-order valence-corrected chi connectivity index (χ3v) is 6.44. The Kier molecular flexibility index (Phi) is 4.05. The molecule has 0 saturated heterocycles. The first-order chi connectivity index (χ1) is 11.3. The highest BCUT2D eigenvalue weighted by Crippen LogP contribution is 2.32. The maximum Gasteiger partial charge on any atom is 0.269 e. The number of thioether (sulfide) groups is 1. The predicted octanol–water partition coefficient (Wildman–Crippen LogP) is 0.854. The van der Waals surface area contributed by atoms with Crippen LogP contribution in [0.3, 0.4) is 0 Å². The van der Waals surface area contributed by atoms with Gasteiger partial charge in [-0.15, -0.1) is 0 Å². The zero-order chi connectivity index (χ0) is 17.5. The average Bonchev–Trinajstić information content (AvgIpc) is 2.89. The zero-order valence-electron chi connectivity index (χ0n) is 12.2. The molecule has 0 spiro atoms. The molecule has 0 amide bonds. The van der Waals surface area contributed by atoms with Crippen LogP contribution in [0.1, 0.15) is 6.04 Å². The van der Waals surface area contributed by atoms with Gasteiger partial charge in [0.1, 0.15) is 5.82 Å². The van der Waals surface area contributed by atoms with Crippen molar-refractivity contribution in [2.45, 2.75) is 16.1 Å². The number of aromatic nitrogens is 2. The number of sulfone groups is 1. The number of nitro groups is 1. The first-order valence-electron chi connectivity index (χ1n) is 6.77. The SMILES string of the molecule is Nc1cc(=O)n2c(n1)SCC2CS(=O)(=O)c1ccc([N+](=O)[O-])cc1. The molecule has 0 fully saturated rings. The Morgan fingerprint density at radius 2 is 2.04 bits per heavy atom. The molecule has 2 aromatic rings. The highest BCUT2D eigenvalue weighted by molar-refractivity contribution is 7.99. The first kappa shape index (κ1) is 16.5. The fourth-order valence-corrected chi connectivity index (χ4v) is 5.24. The molecule has 1 aromatic heterocycles. The second kappa shape index (κ2) is 5.91. The lowest BCUT2D eigenvalue weighted by Gasteiger charge is -2.13. The molecule has 1 aliphatic rings. The Bertz CT molecular complexity index is 969. The van der Waals surface area contributed by atoms with Crippen LogP contribution in [0.25, 0.3) is 0 Å². The molecule has 1 aliphatic heterocycles. The van der Waals surface area contributed by atoms with E-state index in [4.69, 9.17) is 5.73 Å². The van der Waals surface area contributed by atoms with E-state index >= 15 is 0 Å². The van der Waals surface area contributed by atoms with Crippen molar-refractivity contribution in [3.8, 4) is 0 Å². The van der Waals surface area contributed by atoms with Crippen LogP contribution in [0, 0.1) is 10.1 Å². The smallest absolute Gasteiger partial charge is 0.269 e. The lowest BCUT2D eigenvalue weighted by Crippen LogP contribution is -2.29. The van der Waals surface area contributed by atoms with Crippen molar-refractivity contribution in [1.29, 1.82) is 0 Å². The van der Waals surface area contributed by atoms with Crippen LogP contribution < -0.4 is 11.3 Å². The molecule has 0 bridgehead atoms. The zero-order valence-corrected chi connectivity index (χ0v) is 13.8. The van der Waals surface area contributed by atoms with Crippen molar-refractivity contribution in [2.24, 2.45) is 0 Å². The Hall–Kier alpha value is -2.40. The van der Waals surface area contributed by atoms with Gasteiger partial charge in [-0.1, -0.05) is 11.8 Å². The average molecular weight is 368 g/mol. The molecule has 0 saturated carbocycles. The Morgan fingerprint density at radius 3 is 2.67 bits per heavy atom. The molecule has 126 valence electrons. The minimum Gasteiger partial charge on any atom is -0.383 e. The van der Waals surface area contributed by atoms with E-state index < -0.39 is 26.4 Å². The van der Waals surface area contributed by atoms with Gasteiger partial charge in [0.2, 0.25) is 0 Å². The number of hydrogen-bond acceptors (Lipinski definition) is 8. The molecule has 1 unspecified atom stereocenters. The summed E-state index contributed by atoms with van der Waals surface area (Å²) in [5.74, 6) is 0.187. The maximum atomic E-state index is 12.5. The number of anilines is 1. The second-order valence-corrected chi connectivity index (χ2v) is 8.19. The van der Waals surface area contributed by atoms with Crippen molar-refractivity contribution in [3.63, 3.8) is 0 Å². The summed E-state index contributed by atoms with van der Waals surface area (Å²) in [5.41, 5.74) is 4.94. The molecule has 11 heteroatoms. The lowest BCUT2D eigenvalue weighted by atomic mass is 10.3. The maximum absolute atomic E-state index is 12.5. The largest absolute Gasteiger partial charge is 0.383 e. The minimum absolute atomic E-state index is 0.0250. The summed E-state index contributed by atoms with van der Waals surface area (Å²) in [7, 11) is -3.71. The summed E-state index contributed by atoms with van der Waals surface area (Å²) >= 11 is 1.26. The van der Waals surface area contributed by atoms with E-state index in [2.05, 4.69) is 4.98 Å². The van der Waals surface area contributed by atoms with E-state index in [1.165, 1.54) is 28.5 Å². The molecular formula is C13H12N4O5S2. The number of nitro benzene ring substituents is 1. The van der Waals surface area contributed by atoms with Gasteiger partial charge in [-0.25, -0.2) is 13.4 Å². The summed E-state index contributed by atoms with van der Waals surface area (Å²) in [6.07, 6.45) is 0. The highest BCUT2D eigenvalue weighted by Gasteiger charge is 2.30. The number of benzene rings is 1. The molecule has 0 radical (unpaired) electrons. The Labute approximate surface area is 140 Å². The quantitative estimate of drug-likeness (QED) is 0.476. The van der Waals surface area contributed by atoms with Gasteiger partial charge in [-0.05, 0) is 12.1 Å². The van der Waals surface area contributed by atoms with Crippen LogP contribution in [-0.2, 0) is 9.84 Å². The van der Waals surface area contributed by atoms with Crippen molar-refractivity contribution >= 4 is 33.1 Å². The Balaban J connectivity index is 1.90. The number of nitrogen functional groups attached to an aromatic ring is 1. The molecule has 24 heavy (non-hydrogen) atoms. The van der Waals surface area contributed by atoms with E-state index in [1.807, 2.05) is 0 Å². The highest BCUT2D eigenvalue weighted by atomic mass is 32.2. The van der Waals surface area contributed by atoms with Gasteiger partial charge in [0.05, 0.1) is 21.6 Å². The van der Waals surface area contributed by atoms with Crippen molar-refractivity contribution in [3.05, 3.63) is 50.8 Å². The normalized spacial score (nSPS) is 16.8. The summed E-state index contributed by atoms with van der Waals surface area (Å²) in [6.45, 7) is 0. The fourth-order valence-electron chi connectivity index (χ4n) is 2.42. The van der Waals surface area contributed by atoms with Crippen molar-refractivity contribution in [1.82, 2.24) is 9.55 Å². The molecule has 1 atom stereocenters. The number of hydrogen-bond donors (Lipinski definition) is 1. The third kappa shape index (κ3) is 2.99. The van der Waals surface area contributed by atoms with E-state index in [-0.39, 0.29) is 22.2 Å². The summed E-state index contributed by atoms with van der Waals surface area (Å²) in [6, 6.07) is 5.25. The molecular weight excluding hydrogens is 356 g/mol. The van der Waals surface area contributed by atoms with E-state index in [0.29, 0.717) is 10.9 Å². The molecule has 3 rings (SSSR count). The molecule has 0 aliphatic carbocycles. The van der Waals surface area contributed by atoms with E-state index in [1.54, 1.807) is 0 Å². The van der Waals surface area contributed by atoms with Gasteiger partial charge in [0.25, 0.3) is 11.2 Å². The van der Waals surface area contributed by atoms with Crippen LogP contribution in [0.2, 0.25) is 0 Å². The van der Waals surface area contributed by atoms with Crippen LogP contribution in [0.15, 0.2) is 45.2 Å².